The summed E-state index contributed by atoms with van der Waals surface area (Å²) < 4.78 is 6.99. The monoisotopic (exact) mass is 332 g/mol. The highest BCUT2D eigenvalue weighted by Crippen LogP contribution is 2.23. The molecule has 0 radical (unpaired) electrons. The predicted molar refractivity (Wildman–Crippen MR) is 88.8 cm³/mol. The standard InChI is InChI=1S/C16H24N6O2/c1-16(2,23)13-11-22(20-19-13)10-12-5-8-21(9-6-12)15-17-7-4-14(18-15)24-3/h4,7,11-12,23H,5-6,8-10H2,1-3H3. The van der Waals surface area contributed by atoms with Crippen LogP contribution in [0, 0.1) is 5.92 Å². The number of aliphatic hydroxyl groups is 1. The molecule has 1 aliphatic heterocycles. The van der Waals surface area contributed by atoms with Gasteiger partial charge < -0.3 is 14.7 Å². The van der Waals surface area contributed by atoms with Crippen LogP contribution in [-0.2, 0) is 12.1 Å². The van der Waals surface area contributed by atoms with Crippen molar-refractivity contribution in [1.82, 2.24) is 25.0 Å². The number of methoxy groups -OCH3 is 1. The quantitative estimate of drug-likeness (QED) is 0.880. The van der Waals surface area contributed by atoms with Crippen molar-refractivity contribution in [3.8, 4) is 5.88 Å². The molecule has 8 heteroatoms. The fourth-order valence-electron chi connectivity index (χ4n) is 2.85. The molecule has 0 aliphatic carbocycles. The summed E-state index contributed by atoms with van der Waals surface area (Å²) in [6.45, 7) is 6.06. The highest BCUT2D eigenvalue weighted by molar-refractivity contribution is 5.32. The normalized spacial score (nSPS) is 16.4. The number of piperidine rings is 1. The molecule has 1 fully saturated rings. The Bertz CT molecular complexity index is 673. The molecular weight excluding hydrogens is 308 g/mol. The van der Waals surface area contributed by atoms with Crippen LogP contribution >= 0.6 is 0 Å². The first-order valence-corrected chi connectivity index (χ1v) is 8.20. The molecule has 0 unspecified atom stereocenters. The molecule has 130 valence electrons. The van der Waals surface area contributed by atoms with Crippen molar-refractivity contribution in [3.63, 3.8) is 0 Å². The van der Waals surface area contributed by atoms with E-state index in [9.17, 15) is 5.11 Å². The van der Waals surface area contributed by atoms with Crippen molar-refractivity contribution in [2.45, 2.75) is 38.8 Å². The number of rotatable bonds is 5. The van der Waals surface area contributed by atoms with Crippen LogP contribution in [0.4, 0.5) is 5.95 Å². The molecule has 3 rings (SSSR count). The number of aromatic nitrogens is 5. The van der Waals surface area contributed by atoms with Gasteiger partial charge in [-0.1, -0.05) is 5.21 Å². The van der Waals surface area contributed by atoms with Crippen molar-refractivity contribution in [1.29, 1.82) is 0 Å². The third-order valence-electron chi connectivity index (χ3n) is 4.33. The smallest absolute Gasteiger partial charge is 0.228 e. The third-order valence-corrected chi connectivity index (χ3v) is 4.33. The largest absolute Gasteiger partial charge is 0.481 e. The molecule has 1 saturated heterocycles. The molecule has 0 spiro atoms. The zero-order valence-corrected chi connectivity index (χ0v) is 14.4. The Morgan fingerprint density at radius 2 is 2.08 bits per heavy atom. The molecule has 0 aromatic carbocycles. The summed E-state index contributed by atoms with van der Waals surface area (Å²) in [5, 5.41) is 18.1. The summed E-state index contributed by atoms with van der Waals surface area (Å²) in [5.74, 6) is 1.84. The highest BCUT2D eigenvalue weighted by atomic mass is 16.5. The molecule has 2 aromatic heterocycles. The molecule has 0 amide bonds. The van der Waals surface area contributed by atoms with E-state index in [1.807, 2.05) is 10.9 Å². The molecule has 1 aliphatic rings. The van der Waals surface area contributed by atoms with E-state index >= 15 is 0 Å². The van der Waals surface area contributed by atoms with Crippen molar-refractivity contribution < 1.29 is 9.84 Å². The van der Waals surface area contributed by atoms with E-state index in [1.165, 1.54) is 0 Å². The van der Waals surface area contributed by atoms with E-state index < -0.39 is 5.60 Å². The van der Waals surface area contributed by atoms with E-state index in [0.29, 0.717) is 17.5 Å². The van der Waals surface area contributed by atoms with E-state index in [-0.39, 0.29) is 0 Å². The maximum atomic E-state index is 9.97. The van der Waals surface area contributed by atoms with Crippen LogP contribution in [0.3, 0.4) is 0 Å². The summed E-state index contributed by atoms with van der Waals surface area (Å²) in [7, 11) is 1.61. The first kappa shape index (κ1) is 16.6. The molecule has 2 aromatic rings. The van der Waals surface area contributed by atoms with Crippen LogP contribution < -0.4 is 9.64 Å². The van der Waals surface area contributed by atoms with Gasteiger partial charge in [-0.25, -0.2) is 4.98 Å². The highest BCUT2D eigenvalue weighted by Gasteiger charge is 2.24. The van der Waals surface area contributed by atoms with Crippen LogP contribution in [0.25, 0.3) is 0 Å². The predicted octanol–water partition coefficient (Wildman–Crippen LogP) is 1.22. The molecular formula is C16H24N6O2. The fourth-order valence-corrected chi connectivity index (χ4v) is 2.85. The van der Waals surface area contributed by atoms with Gasteiger partial charge in [-0.3, -0.25) is 4.68 Å². The maximum Gasteiger partial charge on any atom is 0.228 e. The average molecular weight is 332 g/mol. The van der Waals surface area contributed by atoms with Gasteiger partial charge in [-0.2, -0.15) is 4.98 Å². The number of ether oxygens (including phenoxy) is 1. The second-order valence-corrected chi connectivity index (χ2v) is 6.71. The Hall–Kier alpha value is -2.22. The lowest BCUT2D eigenvalue weighted by molar-refractivity contribution is 0.0737. The molecule has 8 nitrogen and oxygen atoms in total. The van der Waals surface area contributed by atoms with Gasteiger partial charge in [0.25, 0.3) is 0 Å². The average Bonchev–Trinajstić information content (AvgIpc) is 3.04. The van der Waals surface area contributed by atoms with Gasteiger partial charge in [0.05, 0.1) is 13.3 Å². The third kappa shape index (κ3) is 3.81. The summed E-state index contributed by atoms with van der Waals surface area (Å²) >= 11 is 0. The summed E-state index contributed by atoms with van der Waals surface area (Å²) in [6.07, 6.45) is 5.63. The van der Waals surface area contributed by atoms with Gasteiger partial charge in [-0.05, 0) is 32.6 Å². The van der Waals surface area contributed by atoms with Gasteiger partial charge in [-0.15, -0.1) is 5.10 Å². The number of nitrogens with zero attached hydrogens (tertiary/aromatic N) is 6. The lowest BCUT2D eigenvalue weighted by Gasteiger charge is -2.31. The zero-order valence-electron chi connectivity index (χ0n) is 14.4. The van der Waals surface area contributed by atoms with Gasteiger partial charge in [0, 0.05) is 31.9 Å². The Labute approximate surface area is 141 Å². The van der Waals surface area contributed by atoms with E-state index in [0.717, 1.165) is 38.4 Å². The van der Waals surface area contributed by atoms with Crippen molar-refractivity contribution in [2.24, 2.45) is 5.92 Å². The van der Waals surface area contributed by atoms with Crippen LogP contribution in [0.15, 0.2) is 18.5 Å². The van der Waals surface area contributed by atoms with Crippen LogP contribution in [0.5, 0.6) is 5.88 Å². The molecule has 1 N–H and O–H groups in total. The van der Waals surface area contributed by atoms with E-state index in [4.69, 9.17) is 4.74 Å². The molecule has 24 heavy (non-hydrogen) atoms. The lowest BCUT2D eigenvalue weighted by atomic mass is 9.97. The summed E-state index contributed by atoms with van der Waals surface area (Å²) in [4.78, 5) is 10.9. The molecule has 3 heterocycles. The Morgan fingerprint density at radius 1 is 1.33 bits per heavy atom. The van der Waals surface area contributed by atoms with E-state index in [1.54, 1.807) is 33.2 Å². The lowest BCUT2D eigenvalue weighted by Crippen LogP contribution is -2.36. The Morgan fingerprint density at radius 3 is 2.71 bits per heavy atom. The number of hydrogen-bond acceptors (Lipinski definition) is 7. The Kier molecular flexibility index (Phi) is 4.66. The summed E-state index contributed by atoms with van der Waals surface area (Å²) in [6, 6.07) is 1.75. The minimum atomic E-state index is -0.953. The number of anilines is 1. The van der Waals surface area contributed by atoms with E-state index in [2.05, 4.69) is 25.2 Å². The van der Waals surface area contributed by atoms with Crippen LogP contribution in [0.2, 0.25) is 0 Å². The first-order chi connectivity index (χ1) is 11.5. The zero-order chi connectivity index (χ0) is 17.2. The van der Waals surface area contributed by atoms with Crippen molar-refractivity contribution in [2.75, 3.05) is 25.1 Å². The second kappa shape index (κ2) is 6.72. The topological polar surface area (TPSA) is 89.2 Å². The van der Waals surface area contributed by atoms with Crippen LogP contribution in [-0.4, -0.2) is 50.3 Å². The maximum absolute atomic E-state index is 9.97. The fraction of sp³-hybridized carbons (Fsp3) is 0.625. The van der Waals surface area contributed by atoms with Crippen LogP contribution in [0.1, 0.15) is 32.4 Å². The van der Waals surface area contributed by atoms with Gasteiger partial charge >= 0.3 is 0 Å². The molecule has 0 atom stereocenters. The SMILES string of the molecule is COc1ccnc(N2CCC(Cn3cc(C(C)(C)O)nn3)CC2)n1. The van der Waals surface area contributed by atoms with Crippen molar-refractivity contribution in [3.05, 3.63) is 24.2 Å². The molecule has 0 saturated carbocycles. The van der Waals surface area contributed by atoms with Gasteiger partial charge in [0.1, 0.15) is 11.3 Å². The second-order valence-electron chi connectivity index (χ2n) is 6.71. The Balaban J connectivity index is 1.56. The minimum Gasteiger partial charge on any atom is -0.481 e. The first-order valence-electron chi connectivity index (χ1n) is 8.20. The van der Waals surface area contributed by atoms with Crippen molar-refractivity contribution >= 4 is 5.95 Å². The molecule has 0 bridgehead atoms. The van der Waals surface area contributed by atoms with Gasteiger partial charge in [0.2, 0.25) is 11.8 Å². The minimum absolute atomic E-state index is 0.531. The number of hydrogen-bond donors (Lipinski definition) is 1. The van der Waals surface area contributed by atoms with Gasteiger partial charge in [0.15, 0.2) is 0 Å². The summed E-state index contributed by atoms with van der Waals surface area (Å²) in [5.41, 5.74) is -0.351.